The fourth-order valence-corrected chi connectivity index (χ4v) is 3.92. The maximum atomic E-state index is 14.1. The number of carbonyl (C=O) groups excluding carboxylic acids is 2. The fraction of sp³-hybridized carbons (Fsp3) is 0.417. The number of hydrogen-bond donors (Lipinski definition) is 0. The lowest BCUT2D eigenvalue weighted by molar-refractivity contribution is -0.154. The molecule has 1 aliphatic heterocycles. The van der Waals surface area contributed by atoms with E-state index in [1.165, 1.54) is 7.11 Å². The zero-order valence-corrected chi connectivity index (χ0v) is 19.3. The van der Waals surface area contributed by atoms with E-state index in [2.05, 4.69) is 0 Å². The summed E-state index contributed by atoms with van der Waals surface area (Å²) in [5.74, 6) is -1.86. The molecular formula is C24H26ClF2NO4. The van der Waals surface area contributed by atoms with Gasteiger partial charge in [0.2, 0.25) is 5.91 Å². The predicted octanol–water partition coefficient (Wildman–Crippen LogP) is 5.23. The molecule has 0 radical (unpaired) electrons. The minimum atomic E-state index is -0.858. The maximum absolute atomic E-state index is 14.1. The van der Waals surface area contributed by atoms with E-state index < -0.39 is 23.6 Å². The average molecular weight is 466 g/mol. The zero-order chi connectivity index (χ0) is 23.6. The quantitative estimate of drug-likeness (QED) is 0.448. The molecule has 2 aromatic carbocycles. The van der Waals surface area contributed by atoms with Crippen LogP contribution < -0.4 is 4.74 Å². The molecule has 1 heterocycles. The van der Waals surface area contributed by atoms with Gasteiger partial charge >= 0.3 is 5.97 Å². The van der Waals surface area contributed by atoms with Gasteiger partial charge in [-0.3, -0.25) is 4.79 Å². The lowest BCUT2D eigenvalue weighted by Crippen LogP contribution is -2.45. The number of hydrogen-bond acceptors (Lipinski definition) is 4. The van der Waals surface area contributed by atoms with Gasteiger partial charge in [-0.2, -0.15) is 0 Å². The minimum Gasteiger partial charge on any atom is -0.489 e. The number of rotatable bonds is 5. The van der Waals surface area contributed by atoms with Crippen molar-refractivity contribution in [3.05, 3.63) is 63.7 Å². The Morgan fingerprint density at radius 3 is 2.56 bits per heavy atom. The van der Waals surface area contributed by atoms with E-state index in [1.807, 2.05) is 20.8 Å². The standard InChI is InChI=1S/C24H26ClF2NO4/c1-24(2,3)12-20(29)28-10-9-14-11-15(5-6-16(14)22(28)23(30)31-4)32-13-17-19(26)8-7-18(25)21(17)27/h5-8,11,22H,9-10,12-13H2,1-4H3. The summed E-state index contributed by atoms with van der Waals surface area (Å²) in [5.41, 5.74) is 0.977. The number of fused-ring (bicyclic) bond motifs is 1. The lowest BCUT2D eigenvalue weighted by atomic mass is 9.88. The number of nitrogens with zero attached hydrogens (tertiary/aromatic N) is 1. The Hall–Kier alpha value is -2.67. The number of methoxy groups -OCH3 is 1. The van der Waals surface area contributed by atoms with Gasteiger partial charge in [-0.25, -0.2) is 13.6 Å². The Morgan fingerprint density at radius 1 is 1.19 bits per heavy atom. The summed E-state index contributed by atoms with van der Waals surface area (Å²) in [6, 6.07) is 6.39. The Labute approximate surface area is 191 Å². The first-order valence-corrected chi connectivity index (χ1v) is 10.6. The molecule has 1 aliphatic rings. The summed E-state index contributed by atoms with van der Waals surface area (Å²) in [6.07, 6.45) is 0.809. The molecule has 2 aromatic rings. The highest BCUT2D eigenvalue weighted by molar-refractivity contribution is 6.30. The Balaban J connectivity index is 1.84. The van der Waals surface area contributed by atoms with Crippen LogP contribution in [-0.2, 0) is 27.4 Å². The molecule has 0 saturated carbocycles. The number of amides is 1. The zero-order valence-electron chi connectivity index (χ0n) is 18.5. The second-order valence-corrected chi connectivity index (χ2v) is 9.38. The van der Waals surface area contributed by atoms with Crippen LogP contribution >= 0.6 is 11.6 Å². The Morgan fingerprint density at radius 2 is 1.91 bits per heavy atom. The van der Waals surface area contributed by atoms with Crippen LogP contribution in [0.15, 0.2) is 30.3 Å². The van der Waals surface area contributed by atoms with Crippen LogP contribution in [0.1, 0.15) is 49.9 Å². The van der Waals surface area contributed by atoms with E-state index in [9.17, 15) is 18.4 Å². The van der Waals surface area contributed by atoms with Gasteiger partial charge in [0.1, 0.15) is 18.2 Å². The molecule has 0 spiro atoms. The molecule has 8 heteroatoms. The molecule has 0 fully saturated rings. The topological polar surface area (TPSA) is 55.8 Å². The van der Waals surface area contributed by atoms with Crippen molar-refractivity contribution in [2.45, 2.75) is 46.3 Å². The first-order chi connectivity index (χ1) is 15.0. The molecule has 1 atom stereocenters. The third kappa shape index (κ3) is 5.21. The van der Waals surface area contributed by atoms with Crippen molar-refractivity contribution in [1.82, 2.24) is 4.90 Å². The van der Waals surface area contributed by atoms with Crippen LogP contribution in [0.2, 0.25) is 5.02 Å². The highest BCUT2D eigenvalue weighted by atomic mass is 35.5. The molecule has 172 valence electrons. The third-order valence-electron chi connectivity index (χ3n) is 5.29. The molecule has 0 aliphatic carbocycles. The van der Waals surface area contributed by atoms with Crippen molar-refractivity contribution in [2.24, 2.45) is 5.41 Å². The van der Waals surface area contributed by atoms with E-state index >= 15 is 0 Å². The Bertz CT molecular complexity index is 1040. The van der Waals surface area contributed by atoms with Gasteiger partial charge in [-0.15, -0.1) is 0 Å². The second kappa shape index (κ2) is 9.45. The summed E-state index contributed by atoms with van der Waals surface area (Å²) < 4.78 is 38.6. The summed E-state index contributed by atoms with van der Waals surface area (Å²) >= 11 is 5.73. The maximum Gasteiger partial charge on any atom is 0.333 e. The summed E-state index contributed by atoms with van der Waals surface area (Å²) in [4.78, 5) is 27.0. The van der Waals surface area contributed by atoms with Gasteiger partial charge in [0.05, 0.1) is 17.7 Å². The van der Waals surface area contributed by atoms with Crippen LogP contribution in [0.5, 0.6) is 5.75 Å². The van der Waals surface area contributed by atoms with Crippen LogP contribution in [0.25, 0.3) is 0 Å². The fourth-order valence-electron chi connectivity index (χ4n) is 3.74. The first kappa shape index (κ1) is 24.0. The van der Waals surface area contributed by atoms with Crippen molar-refractivity contribution in [2.75, 3.05) is 13.7 Å². The SMILES string of the molecule is COC(=O)C1c2ccc(OCc3c(F)ccc(Cl)c3F)cc2CCN1C(=O)CC(C)(C)C. The van der Waals surface area contributed by atoms with Gasteiger partial charge in [0, 0.05) is 13.0 Å². The Kier molecular flexibility index (Phi) is 7.08. The second-order valence-electron chi connectivity index (χ2n) is 8.97. The molecule has 5 nitrogen and oxygen atoms in total. The highest BCUT2D eigenvalue weighted by Gasteiger charge is 2.37. The molecule has 32 heavy (non-hydrogen) atoms. The molecule has 0 N–H and O–H groups in total. The minimum absolute atomic E-state index is 0.120. The summed E-state index contributed by atoms with van der Waals surface area (Å²) in [5, 5.41) is -0.184. The van der Waals surface area contributed by atoms with E-state index in [0.29, 0.717) is 30.7 Å². The highest BCUT2D eigenvalue weighted by Crippen LogP contribution is 2.35. The normalized spacial score (nSPS) is 15.8. The number of esters is 1. The smallest absolute Gasteiger partial charge is 0.333 e. The van der Waals surface area contributed by atoms with Gasteiger partial charge in [-0.05, 0) is 47.2 Å². The molecular weight excluding hydrogens is 440 g/mol. The monoisotopic (exact) mass is 465 g/mol. The van der Waals surface area contributed by atoms with Gasteiger partial charge in [0.25, 0.3) is 0 Å². The van der Waals surface area contributed by atoms with Crippen molar-refractivity contribution < 1.29 is 27.8 Å². The van der Waals surface area contributed by atoms with Crippen LogP contribution in [0, 0.1) is 17.0 Å². The predicted molar refractivity (Wildman–Crippen MR) is 116 cm³/mol. The van der Waals surface area contributed by atoms with E-state index in [-0.39, 0.29) is 28.5 Å². The number of carbonyl (C=O) groups is 2. The molecule has 0 bridgehead atoms. The van der Waals surface area contributed by atoms with Crippen LogP contribution in [-0.4, -0.2) is 30.4 Å². The molecule has 0 saturated heterocycles. The van der Waals surface area contributed by atoms with E-state index in [0.717, 1.165) is 17.7 Å². The lowest BCUT2D eigenvalue weighted by Gasteiger charge is -2.37. The van der Waals surface area contributed by atoms with Gasteiger partial charge < -0.3 is 14.4 Å². The van der Waals surface area contributed by atoms with Gasteiger partial charge in [-0.1, -0.05) is 38.4 Å². The van der Waals surface area contributed by atoms with Crippen LogP contribution in [0.4, 0.5) is 8.78 Å². The summed E-state index contributed by atoms with van der Waals surface area (Å²) in [7, 11) is 1.29. The third-order valence-corrected chi connectivity index (χ3v) is 5.58. The molecule has 1 amide bonds. The van der Waals surface area contributed by atoms with E-state index in [1.54, 1.807) is 23.1 Å². The van der Waals surface area contributed by atoms with Crippen molar-refractivity contribution in [1.29, 1.82) is 0 Å². The average Bonchev–Trinajstić information content (AvgIpc) is 2.73. The largest absolute Gasteiger partial charge is 0.489 e. The van der Waals surface area contributed by atoms with Crippen molar-refractivity contribution in [3.63, 3.8) is 0 Å². The molecule has 0 aromatic heterocycles. The number of benzene rings is 2. The van der Waals surface area contributed by atoms with Crippen LogP contribution in [0.3, 0.4) is 0 Å². The molecule has 1 unspecified atom stereocenters. The van der Waals surface area contributed by atoms with Crippen molar-refractivity contribution >= 4 is 23.5 Å². The summed E-state index contributed by atoms with van der Waals surface area (Å²) in [6.45, 7) is 5.90. The number of halogens is 3. The molecule has 3 rings (SSSR count). The van der Waals surface area contributed by atoms with Crippen molar-refractivity contribution in [3.8, 4) is 5.75 Å². The van der Waals surface area contributed by atoms with Gasteiger partial charge in [0.15, 0.2) is 11.9 Å². The first-order valence-electron chi connectivity index (χ1n) is 10.3. The van der Waals surface area contributed by atoms with E-state index in [4.69, 9.17) is 21.1 Å². The number of ether oxygens (including phenoxy) is 2.